The monoisotopic (exact) mass is 1180 g/mol. The van der Waals surface area contributed by atoms with Crippen LogP contribution < -0.4 is 32.3 Å². The number of ether oxygens (including phenoxy) is 4. The fraction of sp³-hybridized carbons (Fsp3) is 0.538. The molecule has 0 aliphatic rings. The zero-order chi connectivity index (χ0) is 64.1. The normalized spacial score (nSPS) is 11.1. The molecule has 4 heterocycles. The van der Waals surface area contributed by atoms with Crippen LogP contribution in [0, 0.1) is 28.1 Å². The Morgan fingerprint density at radius 3 is 1.65 bits per heavy atom. The number of alkyl carbamates (subject to hydrolysis) is 4. The number of nitrogens with zero attached hydrogens (tertiary/aromatic N) is 15. The van der Waals surface area contributed by atoms with Crippen molar-refractivity contribution < 1.29 is 52.8 Å². The molecule has 0 aromatic carbocycles. The minimum Gasteiger partial charge on any atom is -0.481 e. The standard InChI is InChI=1S/C19H30N8O4.C14H18N8O3.C11H14N4O2.C8H14N2O2/c1-18(2,3)30-16(28)21-10-8-14-24-26-15(27-25-14)12-22-13(7-9-20)11-23-17(29)31-19(4,5)6;15-6-4-10-19-21-14(22-20-10)13-16-7-5-9(18-13)8-17-11(23)2-1-3-12(24)25;1-11(2,3)17-10(16)14-7-8-4-5-13-9(6-12)15-8;1-8(2,3)12-7(11)10-6-4-5-9/h7,9,12,20H,8,10-11H2,1-6H3,(H,21,28)(H,23,29);5,7H,1-4,6,8,15H2,(H,17,23)(H,24,25);4-5H,7H2,1-3H3,(H,14,16);4,6H2,1-3H3,(H,10,11)/b13-7-,20-9?,22-12?;;;. The van der Waals surface area contributed by atoms with Crippen LogP contribution in [0.2, 0.25) is 0 Å². The Bertz CT molecular complexity index is 2910. The number of aliphatic carboxylic acids is 1. The summed E-state index contributed by atoms with van der Waals surface area (Å²) in [5.41, 5.74) is 4.71. The van der Waals surface area contributed by atoms with Crippen LogP contribution in [0.5, 0.6) is 0 Å². The smallest absolute Gasteiger partial charge is 0.407 e. The van der Waals surface area contributed by atoms with Gasteiger partial charge >= 0.3 is 30.3 Å². The Hall–Kier alpha value is -9.92. The number of allylic oxidation sites excluding steroid dienone is 1. The Labute approximate surface area is 492 Å². The highest BCUT2D eigenvalue weighted by Crippen LogP contribution is 2.11. The first-order valence-electron chi connectivity index (χ1n) is 26.2. The van der Waals surface area contributed by atoms with E-state index >= 15 is 0 Å². The third kappa shape index (κ3) is 39.2. The summed E-state index contributed by atoms with van der Waals surface area (Å²) in [5, 5.41) is 76.6. The van der Waals surface area contributed by atoms with Crippen molar-refractivity contribution in [1.29, 1.82) is 15.9 Å². The van der Waals surface area contributed by atoms with Gasteiger partial charge in [-0.05, 0) is 114 Å². The van der Waals surface area contributed by atoms with E-state index in [0.717, 1.165) is 6.21 Å². The number of carboxylic acids is 1. The second-order valence-corrected chi connectivity index (χ2v) is 21.0. The van der Waals surface area contributed by atoms with Crippen LogP contribution in [0.4, 0.5) is 19.2 Å². The number of carboxylic acid groups (broad SMARTS) is 1. The van der Waals surface area contributed by atoms with Crippen molar-refractivity contribution in [2.24, 2.45) is 10.7 Å². The van der Waals surface area contributed by atoms with Crippen LogP contribution in [-0.2, 0) is 54.5 Å². The number of nitrogens with one attached hydrogen (secondary N) is 6. The van der Waals surface area contributed by atoms with Crippen LogP contribution in [-0.4, -0.2) is 163 Å². The molecule has 4 aromatic rings. The van der Waals surface area contributed by atoms with Crippen molar-refractivity contribution in [3.05, 3.63) is 71.0 Å². The largest absolute Gasteiger partial charge is 0.481 e. The van der Waals surface area contributed by atoms with Gasteiger partial charge in [0.15, 0.2) is 11.6 Å². The minimum absolute atomic E-state index is 0.0391. The fourth-order valence-electron chi connectivity index (χ4n) is 5.27. The average molecular weight is 1190 g/mol. The first kappa shape index (κ1) is 73.1. The summed E-state index contributed by atoms with van der Waals surface area (Å²) in [4.78, 5) is 87.7. The molecular weight excluding hydrogens is 1110 g/mol. The van der Waals surface area contributed by atoms with E-state index in [-0.39, 0.29) is 74.6 Å². The van der Waals surface area contributed by atoms with Crippen molar-refractivity contribution in [3.8, 4) is 23.8 Å². The van der Waals surface area contributed by atoms with Gasteiger partial charge in [0.05, 0.1) is 55.4 Å². The van der Waals surface area contributed by atoms with Crippen molar-refractivity contribution in [2.45, 2.75) is 157 Å². The lowest BCUT2D eigenvalue weighted by Crippen LogP contribution is -2.33. The summed E-state index contributed by atoms with van der Waals surface area (Å²) in [7, 11) is 0. The van der Waals surface area contributed by atoms with Gasteiger partial charge in [0.1, 0.15) is 28.5 Å². The topological polar surface area (TPSA) is 484 Å². The zero-order valence-corrected chi connectivity index (χ0v) is 49.8. The zero-order valence-electron chi connectivity index (χ0n) is 49.8. The maximum absolute atomic E-state index is 11.7. The molecule has 0 spiro atoms. The van der Waals surface area contributed by atoms with Gasteiger partial charge in [-0.25, -0.2) is 39.1 Å². The van der Waals surface area contributed by atoms with Crippen molar-refractivity contribution in [3.63, 3.8) is 0 Å². The predicted molar refractivity (Wildman–Crippen MR) is 303 cm³/mol. The van der Waals surface area contributed by atoms with Crippen LogP contribution >= 0.6 is 0 Å². The number of nitrogens with two attached hydrogens (primary N) is 1. The number of aromatic nitrogens is 12. The van der Waals surface area contributed by atoms with Crippen molar-refractivity contribution in [1.82, 2.24) is 87.3 Å². The summed E-state index contributed by atoms with van der Waals surface area (Å²) in [6.45, 7) is 22.8. The second-order valence-electron chi connectivity index (χ2n) is 21.0. The lowest BCUT2D eigenvalue weighted by atomic mass is 10.2. The Balaban J connectivity index is 0.000000598. The molecule has 33 nitrogen and oxygen atoms in total. The molecule has 0 aliphatic carbocycles. The van der Waals surface area contributed by atoms with E-state index in [9.17, 15) is 28.8 Å². The van der Waals surface area contributed by atoms with Crippen LogP contribution in [0.1, 0.15) is 143 Å². The van der Waals surface area contributed by atoms with E-state index in [0.29, 0.717) is 61.1 Å². The first-order chi connectivity index (χ1) is 39.8. The highest BCUT2D eigenvalue weighted by Gasteiger charge is 2.19. The second kappa shape index (κ2) is 38.0. The van der Waals surface area contributed by atoms with E-state index in [2.05, 4.69) is 92.3 Å². The summed E-state index contributed by atoms with van der Waals surface area (Å²) in [6, 6.07) is 7.01. The van der Waals surface area contributed by atoms with Gasteiger partial charge in [0.25, 0.3) is 0 Å². The van der Waals surface area contributed by atoms with E-state index in [4.69, 9.17) is 45.7 Å². The molecule has 0 saturated heterocycles. The Morgan fingerprint density at radius 1 is 0.635 bits per heavy atom. The average Bonchev–Trinajstić information content (AvgIpc) is 3.42. The van der Waals surface area contributed by atoms with E-state index in [1.54, 1.807) is 95.2 Å². The molecule has 9 N–H and O–H groups in total. The van der Waals surface area contributed by atoms with Gasteiger partial charge in [-0.3, -0.25) is 14.6 Å². The van der Waals surface area contributed by atoms with Crippen molar-refractivity contribution in [2.75, 3.05) is 26.2 Å². The summed E-state index contributed by atoms with van der Waals surface area (Å²) < 4.78 is 20.3. The molecule has 4 aromatic heterocycles. The number of rotatable bonds is 21. The number of aliphatic imine (C=N–C) groups is 1. The van der Waals surface area contributed by atoms with Gasteiger partial charge in [-0.1, -0.05) is 0 Å². The third-order valence-electron chi connectivity index (χ3n) is 8.58. The summed E-state index contributed by atoms with van der Waals surface area (Å²) >= 11 is 0. The maximum atomic E-state index is 11.7. The van der Waals surface area contributed by atoms with Gasteiger partial charge in [-0.2, -0.15) is 10.5 Å². The Morgan fingerprint density at radius 2 is 1.13 bits per heavy atom. The highest BCUT2D eigenvalue weighted by atomic mass is 16.6. The van der Waals surface area contributed by atoms with Gasteiger partial charge in [0, 0.05) is 57.4 Å². The third-order valence-corrected chi connectivity index (χ3v) is 8.58. The quantitative estimate of drug-likeness (QED) is 0.0335. The van der Waals surface area contributed by atoms with E-state index < -0.39 is 52.7 Å². The van der Waals surface area contributed by atoms with Crippen LogP contribution in [0.15, 0.2) is 41.3 Å². The molecule has 0 radical (unpaired) electrons. The number of hydrogen-bond donors (Lipinski definition) is 8. The summed E-state index contributed by atoms with van der Waals surface area (Å²) in [5.74, 6) is 0.268. The van der Waals surface area contributed by atoms with Gasteiger partial charge in [-0.15, -0.1) is 40.8 Å². The molecule has 0 atom stereocenters. The molecular formula is C52H76N22O11. The van der Waals surface area contributed by atoms with Crippen molar-refractivity contribution >= 4 is 48.7 Å². The number of hydrogen-bond acceptors (Lipinski definition) is 27. The van der Waals surface area contributed by atoms with Gasteiger partial charge < -0.3 is 61.8 Å². The lowest BCUT2D eigenvalue weighted by molar-refractivity contribution is -0.137. The number of nitriles is 2. The summed E-state index contributed by atoms with van der Waals surface area (Å²) in [6.07, 6.45) is 6.15. The maximum Gasteiger partial charge on any atom is 0.407 e. The molecule has 0 bridgehead atoms. The molecule has 85 heavy (non-hydrogen) atoms. The molecule has 5 amide bonds. The lowest BCUT2D eigenvalue weighted by Gasteiger charge is -2.19. The van der Waals surface area contributed by atoms with Crippen LogP contribution in [0.3, 0.4) is 0 Å². The Kier molecular flexibility index (Phi) is 32.6. The first-order valence-corrected chi connectivity index (χ1v) is 26.2. The van der Waals surface area contributed by atoms with E-state index in [1.165, 1.54) is 24.7 Å². The van der Waals surface area contributed by atoms with Gasteiger partial charge in [0.2, 0.25) is 29.2 Å². The van der Waals surface area contributed by atoms with E-state index in [1.807, 2.05) is 12.1 Å². The number of amides is 5. The highest BCUT2D eigenvalue weighted by molar-refractivity contribution is 5.77. The molecule has 4 rings (SSSR count). The number of carbonyl (C=O) groups excluding carboxylic acids is 5. The number of carbonyl (C=O) groups is 6. The minimum atomic E-state index is -0.923. The predicted octanol–water partition coefficient (Wildman–Crippen LogP) is 3.70. The molecule has 0 fully saturated rings. The molecule has 0 aliphatic heterocycles. The molecule has 0 saturated carbocycles. The SMILES string of the molecule is CC(C)(C)OC(=O)NCCC#N.CC(C)(C)OC(=O)NCCc1nnc(C=N/C(=C\C=N)CNC(=O)OC(C)(C)C)nn1.CC(C)(C)OC(=O)NCc1ccnc(C#N)n1.NCCc1nnc(-c2nccc(CNC(=O)CCCC(=O)O)n2)nn1. The molecule has 460 valence electrons. The fourth-order valence-corrected chi connectivity index (χ4v) is 5.27. The molecule has 33 heteroatoms. The van der Waals surface area contributed by atoms with Crippen LogP contribution in [0.25, 0.3) is 11.6 Å². The molecule has 0 unspecified atom stereocenters.